The Kier molecular flexibility index (Phi) is 8.55. The molecule has 8 heteroatoms. The Morgan fingerprint density at radius 1 is 1.00 bits per heavy atom. The molecule has 1 N–H and O–H groups in total. The van der Waals surface area contributed by atoms with Gasteiger partial charge in [-0.05, 0) is 53.9 Å². The Labute approximate surface area is 200 Å². The lowest BCUT2D eigenvalue weighted by atomic mass is 10.1. The molecular formula is C25H28N2O4S2. The SMILES string of the molecule is Cc1cc(CSc2ccccc2)ccc1NC(=O)COc1ccc(CN(C)S(C)(=O)=O)cc1. The molecular weight excluding hydrogens is 456 g/mol. The molecule has 174 valence electrons. The van der Waals surface area contributed by atoms with Crippen LogP contribution in [-0.4, -0.2) is 38.5 Å². The molecule has 3 aromatic rings. The van der Waals surface area contributed by atoms with E-state index in [1.165, 1.54) is 28.1 Å². The summed E-state index contributed by atoms with van der Waals surface area (Å²) in [6.45, 7) is 2.13. The van der Waals surface area contributed by atoms with Crippen molar-refractivity contribution in [2.24, 2.45) is 0 Å². The van der Waals surface area contributed by atoms with Crippen molar-refractivity contribution < 1.29 is 17.9 Å². The fourth-order valence-electron chi connectivity index (χ4n) is 3.04. The number of carbonyl (C=O) groups excluding carboxylic acids is 1. The number of hydrogen-bond acceptors (Lipinski definition) is 5. The first kappa shape index (κ1) is 24.8. The van der Waals surface area contributed by atoms with Crippen LogP contribution in [0.1, 0.15) is 16.7 Å². The number of hydrogen-bond donors (Lipinski definition) is 1. The summed E-state index contributed by atoms with van der Waals surface area (Å²) in [4.78, 5) is 13.6. The molecule has 0 aromatic heterocycles. The Hall–Kier alpha value is -2.81. The largest absolute Gasteiger partial charge is 0.484 e. The molecule has 0 aliphatic heterocycles. The van der Waals surface area contributed by atoms with E-state index in [-0.39, 0.29) is 19.1 Å². The van der Waals surface area contributed by atoms with Crippen LogP contribution in [0, 0.1) is 6.92 Å². The third-order valence-electron chi connectivity index (χ3n) is 4.98. The molecule has 0 heterocycles. The minimum Gasteiger partial charge on any atom is -0.484 e. The number of nitrogens with one attached hydrogen (secondary N) is 1. The maximum absolute atomic E-state index is 12.3. The molecule has 0 radical (unpaired) electrons. The number of thioether (sulfide) groups is 1. The molecule has 3 rings (SSSR count). The predicted molar refractivity (Wildman–Crippen MR) is 134 cm³/mol. The van der Waals surface area contributed by atoms with E-state index in [1.54, 1.807) is 36.0 Å². The summed E-state index contributed by atoms with van der Waals surface area (Å²) < 4.78 is 29.9. The molecule has 0 spiro atoms. The molecule has 0 aliphatic carbocycles. The summed E-state index contributed by atoms with van der Waals surface area (Å²) in [6, 6.07) is 23.3. The van der Waals surface area contributed by atoms with Gasteiger partial charge in [-0.2, -0.15) is 0 Å². The molecule has 0 fully saturated rings. The fraction of sp³-hybridized carbons (Fsp3) is 0.240. The lowest BCUT2D eigenvalue weighted by Crippen LogP contribution is -2.24. The highest BCUT2D eigenvalue weighted by atomic mass is 32.2. The van der Waals surface area contributed by atoms with E-state index in [1.807, 2.05) is 37.3 Å². The van der Waals surface area contributed by atoms with Crippen LogP contribution in [0.15, 0.2) is 77.7 Å². The monoisotopic (exact) mass is 484 g/mol. The number of rotatable bonds is 10. The van der Waals surface area contributed by atoms with E-state index in [2.05, 4.69) is 23.5 Å². The first-order valence-electron chi connectivity index (χ1n) is 10.4. The topological polar surface area (TPSA) is 75.7 Å². The van der Waals surface area contributed by atoms with Gasteiger partial charge in [-0.25, -0.2) is 12.7 Å². The number of benzene rings is 3. The Bertz CT molecular complexity index is 1180. The van der Waals surface area contributed by atoms with Gasteiger partial charge in [0.1, 0.15) is 5.75 Å². The summed E-state index contributed by atoms with van der Waals surface area (Å²) in [6.07, 6.45) is 1.17. The number of amides is 1. The molecule has 1 amide bonds. The van der Waals surface area contributed by atoms with Gasteiger partial charge in [-0.1, -0.05) is 42.5 Å². The van der Waals surface area contributed by atoms with Crippen LogP contribution in [-0.2, 0) is 27.1 Å². The molecule has 0 saturated carbocycles. The molecule has 0 saturated heterocycles. The van der Waals surface area contributed by atoms with Gasteiger partial charge in [0.25, 0.3) is 5.91 Å². The lowest BCUT2D eigenvalue weighted by Gasteiger charge is -2.14. The normalized spacial score (nSPS) is 11.4. The van der Waals surface area contributed by atoms with Gasteiger partial charge in [0.15, 0.2) is 6.61 Å². The quantitative estimate of drug-likeness (QED) is 0.422. The Morgan fingerprint density at radius 3 is 2.30 bits per heavy atom. The van der Waals surface area contributed by atoms with Crippen molar-refractivity contribution in [1.82, 2.24) is 4.31 Å². The molecule has 0 unspecified atom stereocenters. The summed E-state index contributed by atoms with van der Waals surface area (Å²) >= 11 is 1.77. The molecule has 6 nitrogen and oxygen atoms in total. The molecule has 3 aromatic carbocycles. The molecule has 0 aliphatic rings. The van der Waals surface area contributed by atoms with E-state index >= 15 is 0 Å². The number of nitrogens with zero attached hydrogens (tertiary/aromatic N) is 1. The van der Waals surface area contributed by atoms with E-state index in [0.717, 1.165) is 22.6 Å². The van der Waals surface area contributed by atoms with E-state index in [9.17, 15) is 13.2 Å². The van der Waals surface area contributed by atoms with Crippen LogP contribution in [0.3, 0.4) is 0 Å². The van der Waals surface area contributed by atoms with Crippen molar-refractivity contribution in [3.05, 3.63) is 89.5 Å². The van der Waals surface area contributed by atoms with Crippen LogP contribution in [0.2, 0.25) is 0 Å². The maximum atomic E-state index is 12.3. The van der Waals surface area contributed by atoms with Crippen LogP contribution in [0.25, 0.3) is 0 Å². The van der Waals surface area contributed by atoms with E-state index in [4.69, 9.17) is 4.74 Å². The van der Waals surface area contributed by atoms with Gasteiger partial charge in [-0.3, -0.25) is 4.79 Å². The zero-order valence-electron chi connectivity index (χ0n) is 18.9. The molecule has 33 heavy (non-hydrogen) atoms. The minimum absolute atomic E-state index is 0.117. The zero-order valence-corrected chi connectivity index (χ0v) is 20.6. The van der Waals surface area contributed by atoms with Gasteiger partial charge < -0.3 is 10.1 Å². The first-order valence-corrected chi connectivity index (χ1v) is 13.2. The second-order valence-electron chi connectivity index (χ2n) is 7.75. The summed E-state index contributed by atoms with van der Waals surface area (Å²) in [5.74, 6) is 1.16. The van der Waals surface area contributed by atoms with Crippen molar-refractivity contribution in [2.45, 2.75) is 24.1 Å². The molecule has 0 bridgehead atoms. The highest BCUT2D eigenvalue weighted by Gasteiger charge is 2.11. The van der Waals surface area contributed by atoms with Crippen molar-refractivity contribution in [3.63, 3.8) is 0 Å². The van der Waals surface area contributed by atoms with Crippen LogP contribution in [0.4, 0.5) is 5.69 Å². The van der Waals surface area contributed by atoms with Crippen molar-refractivity contribution in [3.8, 4) is 5.75 Å². The number of anilines is 1. The van der Waals surface area contributed by atoms with Gasteiger partial charge in [0.05, 0.1) is 6.26 Å². The first-order chi connectivity index (χ1) is 15.7. The van der Waals surface area contributed by atoms with Crippen molar-refractivity contribution >= 4 is 33.4 Å². The highest BCUT2D eigenvalue weighted by molar-refractivity contribution is 7.98. The van der Waals surface area contributed by atoms with Crippen molar-refractivity contribution in [1.29, 1.82) is 0 Å². The van der Waals surface area contributed by atoms with Crippen LogP contribution >= 0.6 is 11.8 Å². The van der Waals surface area contributed by atoms with Gasteiger partial charge in [0, 0.05) is 29.9 Å². The highest BCUT2D eigenvalue weighted by Crippen LogP contribution is 2.25. The number of carbonyl (C=O) groups is 1. The Morgan fingerprint density at radius 2 is 1.67 bits per heavy atom. The third kappa shape index (κ3) is 7.92. The zero-order chi connectivity index (χ0) is 23.8. The number of aryl methyl sites for hydroxylation is 1. The van der Waals surface area contributed by atoms with Crippen LogP contribution < -0.4 is 10.1 Å². The summed E-state index contributed by atoms with van der Waals surface area (Å²) in [5.41, 5.74) is 3.78. The minimum atomic E-state index is -3.24. The smallest absolute Gasteiger partial charge is 0.262 e. The molecule has 0 atom stereocenters. The number of ether oxygens (including phenoxy) is 1. The summed E-state index contributed by atoms with van der Waals surface area (Å²) in [5, 5.41) is 2.89. The van der Waals surface area contributed by atoms with E-state index < -0.39 is 10.0 Å². The predicted octanol–water partition coefficient (Wildman–Crippen LogP) is 4.70. The van der Waals surface area contributed by atoms with Gasteiger partial charge >= 0.3 is 0 Å². The average Bonchev–Trinajstić information content (AvgIpc) is 2.79. The van der Waals surface area contributed by atoms with Gasteiger partial charge in [0.2, 0.25) is 10.0 Å². The standard InChI is InChI=1S/C25H28N2O4S2/c1-19-15-21(18-32-23-7-5-4-6-8-23)11-14-24(19)26-25(28)17-31-22-12-9-20(10-13-22)16-27(2)33(3,29)30/h4-15H,16-18H2,1-3H3,(H,26,28). The second-order valence-corrected chi connectivity index (χ2v) is 10.9. The number of sulfonamides is 1. The third-order valence-corrected chi connectivity index (χ3v) is 7.32. The average molecular weight is 485 g/mol. The maximum Gasteiger partial charge on any atom is 0.262 e. The van der Waals surface area contributed by atoms with Gasteiger partial charge in [-0.15, -0.1) is 11.8 Å². The van der Waals surface area contributed by atoms with Crippen molar-refractivity contribution in [2.75, 3.05) is 25.2 Å². The Balaban J connectivity index is 1.48. The second kappa shape index (κ2) is 11.4. The fourth-order valence-corrected chi connectivity index (χ4v) is 4.29. The van der Waals surface area contributed by atoms with E-state index in [0.29, 0.717) is 5.75 Å². The lowest BCUT2D eigenvalue weighted by molar-refractivity contribution is -0.118. The van der Waals surface area contributed by atoms with Crippen LogP contribution in [0.5, 0.6) is 5.75 Å². The summed E-state index contributed by atoms with van der Waals surface area (Å²) in [7, 11) is -1.71.